The van der Waals surface area contributed by atoms with Crippen LogP contribution in [0, 0.1) is 0 Å². The first-order valence-electron chi connectivity index (χ1n) is 9.25. The van der Waals surface area contributed by atoms with E-state index in [0.29, 0.717) is 22.2 Å². The first-order chi connectivity index (χ1) is 13.5. The molecule has 0 saturated carbocycles. The van der Waals surface area contributed by atoms with Crippen molar-refractivity contribution in [2.24, 2.45) is 0 Å². The van der Waals surface area contributed by atoms with Crippen molar-refractivity contribution in [1.29, 1.82) is 0 Å². The van der Waals surface area contributed by atoms with E-state index in [2.05, 4.69) is 20.1 Å². The molecule has 2 heterocycles. The Hall–Kier alpha value is -2.19. The lowest BCUT2D eigenvalue weighted by Gasteiger charge is -2.36. The number of hydrogen-bond donors (Lipinski definition) is 1. The number of alkyl halides is 2. The molecule has 1 aliphatic heterocycles. The second-order valence-corrected chi connectivity index (χ2v) is 7.82. The smallest absolute Gasteiger partial charge is 0.288 e. The highest BCUT2D eigenvalue weighted by Crippen LogP contribution is 2.25. The number of benzene rings is 1. The fourth-order valence-corrected chi connectivity index (χ4v) is 3.73. The quantitative estimate of drug-likeness (QED) is 0.715. The van der Waals surface area contributed by atoms with Crippen LogP contribution in [0.15, 0.2) is 53.6 Å². The van der Waals surface area contributed by atoms with Crippen LogP contribution in [-0.4, -0.2) is 60.3 Å². The second-order valence-electron chi connectivity index (χ2n) is 6.75. The highest BCUT2D eigenvalue weighted by molar-refractivity contribution is 7.99. The van der Waals surface area contributed by atoms with E-state index in [9.17, 15) is 13.6 Å². The first-order valence-corrected chi connectivity index (χ1v) is 10.1. The lowest BCUT2D eigenvalue weighted by molar-refractivity contribution is 0.0928. The molecule has 3 rings (SSSR count). The fourth-order valence-electron chi connectivity index (χ4n) is 3.23. The lowest BCUT2D eigenvalue weighted by atomic mass is 10.2. The molecule has 150 valence electrons. The van der Waals surface area contributed by atoms with Gasteiger partial charge in [0, 0.05) is 55.4 Å². The van der Waals surface area contributed by atoms with Crippen molar-refractivity contribution in [3.63, 3.8) is 0 Å². The number of carbonyl (C=O) groups excluding carboxylic acids is 1. The summed E-state index contributed by atoms with van der Waals surface area (Å²) < 4.78 is 24.7. The molecule has 1 saturated heterocycles. The summed E-state index contributed by atoms with van der Waals surface area (Å²) in [4.78, 5) is 21.8. The number of pyridine rings is 1. The third-order valence-electron chi connectivity index (χ3n) is 4.60. The number of amides is 1. The number of rotatable bonds is 7. The van der Waals surface area contributed by atoms with Crippen molar-refractivity contribution in [2.45, 2.75) is 23.6 Å². The minimum Gasteiger partial charge on any atom is -0.354 e. The van der Waals surface area contributed by atoms with E-state index in [1.807, 2.05) is 25.1 Å². The molecular formula is C20H24F2N4OS. The van der Waals surface area contributed by atoms with Gasteiger partial charge in [-0.25, -0.2) is 4.98 Å². The van der Waals surface area contributed by atoms with Crippen molar-refractivity contribution in [3.8, 4) is 0 Å². The summed E-state index contributed by atoms with van der Waals surface area (Å²) in [5, 5.41) is 2.99. The standard InChI is InChI=1S/C20H24F2N4OS/c1-15(24-19(27)16-5-7-17(8-6-16)28-20(21)22)14-25-10-12-26(13-11-25)18-4-2-3-9-23-18/h2-9,15,20H,10-14H2,1H3,(H,24,27). The molecule has 1 aromatic heterocycles. The Balaban J connectivity index is 1.44. The Morgan fingerprint density at radius 3 is 2.46 bits per heavy atom. The van der Waals surface area contributed by atoms with Gasteiger partial charge in [-0.05, 0) is 43.3 Å². The maximum Gasteiger partial charge on any atom is 0.288 e. The van der Waals surface area contributed by atoms with E-state index in [4.69, 9.17) is 0 Å². The van der Waals surface area contributed by atoms with Gasteiger partial charge < -0.3 is 10.2 Å². The number of piperazine rings is 1. The summed E-state index contributed by atoms with van der Waals surface area (Å²) in [5.41, 5.74) is 0.477. The van der Waals surface area contributed by atoms with Crippen LogP contribution in [0.5, 0.6) is 0 Å². The first kappa shape index (κ1) is 20.5. The third kappa shape index (κ3) is 5.90. The van der Waals surface area contributed by atoms with Crippen LogP contribution in [0.3, 0.4) is 0 Å². The highest BCUT2D eigenvalue weighted by atomic mass is 32.2. The van der Waals surface area contributed by atoms with Gasteiger partial charge in [0.2, 0.25) is 0 Å². The molecule has 8 heteroatoms. The lowest BCUT2D eigenvalue weighted by Crippen LogP contribution is -2.51. The summed E-state index contributed by atoms with van der Waals surface area (Å²) >= 11 is 0.474. The van der Waals surface area contributed by atoms with Crippen LogP contribution in [0.25, 0.3) is 0 Å². The molecule has 1 N–H and O–H groups in total. The predicted molar refractivity (Wildman–Crippen MR) is 108 cm³/mol. The van der Waals surface area contributed by atoms with Crippen LogP contribution >= 0.6 is 11.8 Å². The van der Waals surface area contributed by atoms with Crippen molar-refractivity contribution in [1.82, 2.24) is 15.2 Å². The zero-order chi connectivity index (χ0) is 19.9. The number of halogens is 2. The van der Waals surface area contributed by atoms with Gasteiger partial charge in [0.15, 0.2) is 0 Å². The van der Waals surface area contributed by atoms with Gasteiger partial charge in [-0.1, -0.05) is 17.8 Å². The van der Waals surface area contributed by atoms with E-state index >= 15 is 0 Å². The minimum atomic E-state index is -2.46. The number of nitrogens with one attached hydrogen (secondary N) is 1. The van der Waals surface area contributed by atoms with Crippen molar-refractivity contribution >= 4 is 23.5 Å². The summed E-state index contributed by atoms with van der Waals surface area (Å²) in [7, 11) is 0. The molecular weight excluding hydrogens is 382 g/mol. The van der Waals surface area contributed by atoms with Gasteiger partial charge in [0.05, 0.1) is 0 Å². The molecule has 1 atom stereocenters. The number of thioether (sulfide) groups is 1. The molecule has 2 aromatic rings. The summed E-state index contributed by atoms with van der Waals surface area (Å²) in [6.07, 6.45) is 1.80. The molecule has 1 unspecified atom stereocenters. The van der Waals surface area contributed by atoms with Crippen LogP contribution in [0.1, 0.15) is 17.3 Å². The largest absolute Gasteiger partial charge is 0.354 e. The van der Waals surface area contributed by atoms with Crippen LogP contribution < -0.4 is 10.2 Å². The molecule has 0 bridgehead atoms. The van der Waals surface area contributed by atoms with Gasteiger partial charge in [-0.15, -0.1) is 0 Å². The number of nitrogens with zero attached hydrogens (tertiary/aromatic N) is 3. The molecule has 0 radical (unpaired) electrons. The molecule has 1 amide bonds. The SMILES string of the molecule is CC(CN1CCN(c2ccccn2)CC1)NC(=O)c1ccc(SC(F)F)cc1. The van der Waals surface area contributed by atoms with Crippen molar-refractivity contribution < 1.29 is 13.6 Å². The number of aromatic nitrogens is 1. The van der Waals surface area contributed by atoms with E-state index in [1.54, 1.807) is 30.5 Å². The Morgan fingerprint density at radius 1 is 1.14 bits per heavy atom. The summed E-state index contributed by atoms with van der Waals surface area (Å²) in [6.45, 7) is 6.37. The van der Waals surface area contributed by atoms with Crippen molar-refractivity contribution in [3.05, 3.63) is 54.2 Å². The molecule has 28 heavy (non-hydrogen) atoms. The minimum absolute atomic E-state index is 0.0102. The van der Waals surface area contributed by atoms with E-state index in [1.165, 1.54) is 0 Å². The van der Waals surface area contributed by atoms with Crippen LogP contribution in [-0.2, 0) is 0 Å². The van der Waals surface area contributed by atoms with Gasteiger partial charge in [-0.3, -0.25) is 9.69 Å². The van der Waals surface area contributed by atoms with Gasteiger partial charge in [0.25, 0.3) is 11.7 Å². The van der Waals surface area contributed by atoms with Gasteiger partial charge in [-0.2, -0.15) is 8.78 Å². The Morgan fingerprint density at radius 2 is 1.86 bits per heavy atom. The molecule has 1 fully saturated rings. The maximum atomic E-state index is 12.4. The Kier molecular flexibility index (Phi) is 7.22. The molecule has 1 aromatic carbocycles. The van der Waals surface area contributed by atoms with E-state index in [0.717, 1.165) is 38.5 Å². The fraction of sp³-hybridized carbons (Fsp3) is 0.400. The van der Waals surface area contributed by atoms with E-state index in [-0.39, 0.29) is 11.9 Å². The average molecular weight is 407 g/mol. The normalized spacial score (nSPS) is 16.2. The topological polar surface area (TPSA) is 48.5 Å². The average Bonchev–Trinajstić information content (AvgIpc) is 2.69. The predicted octanol–water partition coefficient (Wildman–Crippen LogP) is 3.34. The van der Waals surface area contributed by atoms with Crippen molar-refractivity contribution in [2.75, 3.05) is 37.6 Å². The Bertz CT molecular complexity index is 753. The zero-order valence-corrected chi connectivity index (χ0v) is 16.5. The van der Waals surface area contributed by atoms with Gasteiger partial charge in [0.1, 0.15) is 5.82 Å². The van der Waals surface area contributed by atoms with Crippen LogP contribution in [0.4, 0.5) is 14.6 Å². The molecule has 0 spiro atoms. The second kappa shape index (κ2) is 9.84. The maximum absolute atomic E-state index is 12.4. The highest BCUT2D eigenvalue weighted by Gasteiger charge is 2.20. The number of hydrogen-bond acceptors (Lipinski definition) is 5. The number of carbonyl (C=O) groups is 1. The third-order valence-corrected chi connectivity index (χ3v) is 5.32. The van der Waals surface area contributed by atoms with E-state index < -0.39 is 5.76 Å². The monoisotopic (exact) mass is 406 g/mol. The molecule has 5 nitrogen and oxygen atoms in total. The zero-order valence-electron chi connectivity index (χ0n) is 15.7. The van der Waals surface area contributed by atoms with Crippen LogP contribution in [0.2, 0.25) is 0 Å². The molecule has 0 aliphatic carbocycles. The Labute approximate surface area is 168 Å². The summed E-state index contributed by atoms with van der Waals surface area (Å²) in [5.74, 6) is -1.65. The van der Waals surface area contributed by atoms with Gasteiger partial charge >= 0.3 is 0 Å². The summed E-state index contributed by atoms with van der Waals surface area (Å²) in [6, 6.07) is 12.2. The number of anilines is 1. The molecule has 1 aliphatic rings.